The molecule has 0 aliphatic rings. The minimum atomic E-state index is -0.521. The number of nitrogens with two attached hydrogens (primary N) is 1. The normalized spacial score (nSPS) is 11.9. The lowest BCUT2D eigenvalue weighted by atomic mass is 10.0. The van der Waals surface area contributed by atoms with Crippen LogP contribution in [-0.2, 0) is 6.42 Å². The van der Waals surface area contributed by atoms with E-state index >= 15 is 0 Å². The van der Waals surface area contributed by atoms with Crippen LogP contribution < -0.4 is 10.5 Å². The van der Waals surface area contributed by atoms with Crippen LogP contribution in [0.4, 0.5) is 4.39 Å². The Morgan fingerprint density at radius 1 is 1.60 bits per heavy atom. The first-order valence-corrected chi connectivity index (χ1v) is 4.60. The Kier molecular flexibility index (Phi) is 3.64. The lowest BCUT2D eigenvalue weighted by Crippen LogP contribution is -2.18. The maximum absolute atomic E-state index is 13.4. The number of ether oxygens (including phenoxy) is 1. The molecular weight excluding hydrogens is 195 g/mol. The van der Waals surface area contributed by atoms with Crippen molar-refractivity contribution < 1.29 is 9.13 Å². The molecule has 0 amide bonds. The summed E-state index contributed by atoms with van der Waals surface area (Å²) in [6, 6.07) is 4.78. The van der Waals surface area contributed by atoms with Crippen molar-refractivity contribution in [2.45, 2.75) is 19.4 Å². The van der Waals surface area contributed by atoms with Crippen molar-refractivity contribution in [2.24, 2.45) is 5.73 Å². The van der Waals surface area contributed by atoms with E-state index in [9.17, 15) is 4.39 Å². The first-order chi connectivity index (χ1) is 7.08. The van der Waals surface area contributed by atoms with Crippen molar-refractivity contribution in [2.75, 3.05) is 7.11 Å². The van der Waals surface area contributed by atoms with Gasteiger partial charge in [0.25, 0.3) is 0 Å². The maximum Gasteiger partial charge on any atom is 0.172 e. The van der Waals surface area contributed by atoms with Crippen LogP contribution in [0.2, 0.25) is 0 Å². The van der Waals surface area contributed by atoms with E-state index in [2.05, 4.69) is 0 Å². The van der Waals surface area contributed by atoms with E-state index in [1.165, 1.54) is 13.2 Å². The first-order valence-electron chi connectivity index (χ1n) is 4.60. The molecular formula is C11H13FN2O. The molecule has 0 aliphatic heterocycles. The lowest BCUT2D eigenvalue weighted by Gasteiger charge is -2.09. The fraction of sp³-hybridized carbons (Fsp3) is 0.364. The average Bonchev–Trinajstić information content (AvgIpc) is 2.15. The van der Waals surface area contributed by atoms with Crippen molar-refractivity contribution in [3.63, 3.8) is 0 Å². The van der Waals surface area contributed by atoms with Gasteiger partial charge in [0.2, 0.25) is 0 Å². The number of nitrogens with zero attached hydrogens (tertiary/aromatic N) is 1. The molecule has 1 aromatic carbocycles. The van der Waals surface area contributed by atoms with Crippen LogP contribution in [0.1, 0.15) is 18.1 Å². The van der Waals surface area contributed by atoms with Crippen LogP contribution in [0, 0.1) is 17.1 Å². The van der Waals surface area contributed by atoms with Gasteiger partial charge in [0.1, 0.15) is 6.07 Å². The minimum absolute atomic E-state index is 0.00840. The SMILES string of the molecule is COc1c(F)cc(CC(C)N)cc1C#N. The smallest absolute Gasteiger partial charge is 0.172 e. The second-order valence-electron chi connectivity index (χ2n) is 3.45. The third kappa shape index (κ3) is 2.67. The highest BCUT2D eigenvalue weighted by molar-refractivity contribution is 5.46. The number of nitriles is 1. The quantitative estimate of drug-likeness (QED) is 0.820. The first kappa shape index (κ1) is 11.5. The zero-order chi connectivity index (χ0) is 11.4. The fourth-order valence-corrected chi connectivity index (χ4v) is 1.43. The largest absolute Gasteiger partial charge is 0.492 e. The summed E-state index contributed by atoms with van der Waals surface area (Å²) < 4.78 is 18.2. The predicted octanol–water partition coefficient (Wildman–Crippen LogP) is 1.60. The summed E-state index contributed by atoms with van der Waals surface area (Å²) in [6.45, 7) is 1.83. The summed E-state index contributed by atoms with van der Waals surface area (Å²) in [6.07, 6.45) is 0.537. The van der Waals surface area contributed by atoms with E-state index < -0.39 is 5.82 Å². The van der Waals surface area contributed by atoms with Crippen molar-refractivity contribution in [1.29, 1.82) is 5.26 Å². The number of hydrogen-bond donors (Lipinski definition) is 1. The molecule has 4 heteroatoms. The highest BCUT2D eigenvalue weighted by Crippen LogP contribution is 2.24. The number of benzene rings is 1. The molecule has 80 valence electrons. The van der Waals surface area contributed by atoms with Gasteiger partial charge in [-0.15, -0.1) is 0 Å². The Balaban J connectivity index is 3.15. The molecule has 1 aromatic rings. The maximum atomic E-state index is 13.4. The summed E-state index contributed by atoms with van der Waals surface area (Å²) in [4.78, 5) is 0. The van der Waals surface area contributed by atoms with E-state index in [-0.39, 0.29) is 17.4 Å². The van der Waals surface area contributed by atoms with Gasteiger partial charge in [0.15, 0.2) is 11.6 Å². The molecule has 0 aliphatic carbocycles. The number of rotatable bonds is 3. The van der Waals surface area contributed by atoms with Crippen molar-refractivity contribution in [3.8, 4) is 11.8 Å². The molecule has 15 heavy (non-hydrogen) atoms. The van der Waals surface area contributed by atoms with Crippen LogP contribution in [0.3, 0.4) is 0 Å². The molecule has 1 atom stereocenters. The van der Waals surface area contributed by atoms with Gasteiger partial charge in [-0.3, -0.25) is 0 Å². The second-order valence-corrected chi connectivity index (χ2v) is 3.45. The summed E-state index contributed by atoms with van der Waals surface area (Å²) in [5, 5.41) is 8.80. The van der Waals surface area contributed by atoms with Gasteiger partial charge in [-0.25, -0.2) is 4.39 Å². The number of methoxy groups -OCH3 is 1. The van der Waals surface area contributed by atoms with Gasteiger partial charge in [-0.2, -0.15) is 5.26 Å². The lowest BCUT2D eigenvalue weighted by molar-refractivity contribution is 0.384. The highest BCUT2D eigenvalue weighted by Gasteiger charge is 2.11. The Hall–Kier alpha value is -1.60. The van der Waals surface area contributed by atoms with Gasteiger partial charge in [-0.05, 0) is 31.0 Å². The molecule has 0 spiro atoms. The molecule has 0 radical (unpaired) electrons. The molecule has 3 nitrogen and oxygen atoms in total. The summed E-state index contributed by atoms with van der Waals surface area (Å²) in [7, 11) is 1.34. The Morgan fingerprint density at radius 3 is 2.73 bits per heavy atom. The van der Waals surface area contributed by atoms with Crippen LogP contribution in [0.25, 0.3) is 0 Å². The molecule has 0 fully saturated rings. The highest BCUT2D eigenvalue weighted by atomic mass is 19.1. The molecule has 0 bridgehead atoms. The van der Waals surface area contributed by atoms with Crippen LogP contribution in [-0.4, -0.2) is 13.2 Å². The molecule has 1 unspecified atom stereocenters. The predicted molar refractivity (Wildman–Crippen MR) is 55.0 cm³/mol. The number of hydrogen-bond acceptors (Lipinski definition) is 3. The van der Waals surface area contributed by atoms with Crippen LogP contribution in [0.15, 0.2) is 12.1 Å². The summed E-state index contributed by atoms with van der Waals surface area (Å²) >= 11 is 0. The molecule has 0 aromatic heterocycles. The van der Waals surface area contributed by atoms with E-state index in [0.29, 0.717) is 12.0 Å². The van der Waals surface area contributed by atoms with Gasteiger partial charge in [0, 0.05) is 6.04 Å². The second kappa shape index (κ2) is 4.76. The Labute approximate surface area is 88.3 Å². The molecule has 0 heterocycles. The molecule has 2 N–H and O–H groups in total. The Bertz CT molecular complexity index is 396. The third-order valence-electron chi connectivity index (χ3n) is 1.99. The van der Waals surface area contributed by atoms with Crippen molar-refractivity contribution >= 4 is 0 Å². The Morgan fingerprint density at radius 2 is 2.27 bits per heavy atom. The molecule has 0 saturated carbocycles. The summed E-state index contributed by atoms with van der Waals surface area (Å²) in [5.74, 6) is -0.530. The summed E-state index contributed by atoms with van der Waals surface area (Å²) in [5.41, 5.74) is 6.51. The van der Waals surface area contributed by atoms with E-state index in [1.54, 1.807) is 6.07 Å². The van der Waals surface area contributed by atoms with Crippen LogP contribution >= 0.6 is 0 Å². The van der Waals surface area contributed by atoms with Gasteiger partial charge >= 0.3 is 0 Å². The molecule has 0 saturated heterocycles. The topological polar surface area (TPSA) is 59.0 Å². The van der Waals surface area contributed by atoms with Gasteiger partial charge in [-0.1, -0.05) is 0 Å². The number of halogens is 1. The van der Waals surface area contributed by atoms with Crippen molar-refractivity contribution in [3.05, 3.63) is 29.1 Å². The zero-order valence-corrected chi connectivity index (χ0v) is 8.75. The zero-order valence-electron chi connectivity index (χ0n) is 8.75. The van der Waals surface area contributed by atoms with E-state index in [0.717, 1.165) is 0 Å². The van der Waals surface area contributed by atoms with E-state index in [4.69, 9.17) is 15.7 Å². The van der Waals surface area contributed by atoms with Gasteiger partial charge in [0.05, 0.1) is 12.7 Å². The minimum Gasteiger partial charge on any atom is -0.492 e. The third-order valence-corrected chi connectivity index (χ3v) is 1.99. The fourth-order valence-electron chi connectivity index (χ4n) is 1.43. The van der Waals surface area contributed by atoms with E-state index in [1.807, 2.05) is 13.0 Å². The van der Waals surface area contributed by atoms with Gasteiger partial charge < -0.3 is 10.5 Å². The average molecular weight is 208 g/mol. The molecule has 1 rings (SSSR count). The standard InChI is InChI=1S/C11H13FN2O/c1-7(14)3-8-4-9(6-13)11(15-2)10(12)5-8/h4-5,7H,3,14H2,1-2H3. The monoisotopic (exact) mass is 208 g/mol. The van der Waals surface area contributed by atoms with Crippen LogP contribution in [0.5, 0.6) is 5.75 Å². The van der Waals surface area contributed by atoms with Crippen molar-refractivity contribution in [1.82, 2.24) is 0 Å².